The van der Waals surface area contributed by atoms with Crippen LogP contribution in [-0.2, 0) is 32.6 Å². The van der Waals surface area contributed by atoms with Gasteiger partial charge in [-0.15, -0.1) is 0 Å². The van der Waals surface area contributed by atoms with Crippen LogP contribution >= 0.6 is 23.2 Å². The summed E-state index contributed by atoms with van der Waals surface area (Å²) in [5.74, 6) is -0.768. The van der Waals surface area contributed by atoms with Crippen LogP contribution in [0.2, 0.25) is 10.0 Å². The molecule has 4 rings (SSSR count). The highest BCUT2D eigenvalue weighted by atomic mass is 35.5. The Balaban J connectivity index is 1.86. The number of anilines is 1. The summed E-state index contributed by atoms with van der Waals surface area (Å²) >= 11 is 13.2. The smallest absolute Gasteiger partial charge is 0.264 e. The highest BCUT2D eigenvalue weighted by Crippen LogP contribution is 2.30. The lowest BCUT2D eigenvalue weighted by molar-refractivity contribution is -0.140. The summed E-state index contributed by atoms with van der Waals surface area (Å²) in [5, 5.41) is 3.67. The quantitative estimate of drug-likeness (QED) is 0.161. The first-order chi connectivity index (χ1) is 22.6. The normalized spacial score (nSPS) is 12.4. The fourth-order valence-electron chi connectivity index (χ4n) is 5.25. The van der Waals surface area contributed by atoms with Crippen LogP contribution in [0.5, 0.6) is 0 Å². The fourth-order valence-corrected chi connectivity index (χ4v) is 7.18. The van der Waals surface area contributed by atoms with E-state index in [9.17, 15) is 18.0 Å². The van der Waals surface area contributed by atoms with Gasteiger partial charge in [0.15, 0.2) is 0 Å². The number of rotatable bonds is 12. The maximum atomic E-state index is 14.7. The fraction of sp³-hybridized carbons (Fsp3) is 0.316. The summed E-state index contributed by atoms with van der Waals surface area (Å²) in [6.07, 6.45) is 0.171. The first-order valence-corrected chi connectivity index (χ1v) is 18.0. The van der Waals surface area contributed by atoms with E-state index in [1.165, 1.54) is 17.0 Å². The first kappa shape index (κ1) is 37.0. The van der Waals surface area contributed by atoms with Crippen molar-refractivity contribution in [3.63, 3.8) is 0 Å². The number of sulfonamides is 1. The third kappa shape index (κ3) is 9.40. The molecule has 0 spiro atoms. The predicted molar refractivity (Wildman–Crippen MR) is 195 cm³/mol. The van der Waals surface area contributed by atoms with E-state index in [2.05, 4.69) is 5.32 Å². The summed E-state index contributed by atoms with van der Waals surface area (Å²) in [7, 11) is -4.22. The van der Waals surface area contributed by atoms with E-state index in [1.807, 2.05) is 84.0 Å². The standard InChI is InChI=1S/C38H43Cl2N3O4S/c1-26(2)29-17-19-30(20-18-29)43(48(46,47)31-21-15-27(3)16-22-31)25-36(44)42(24-32-33(39)13-10-14-34(32)40)35(37(45)41-38(4,5)6)23-28-11-8-7-9-12-28/h7-22,26,35H,23-25H2,1-6H3,(H,41,45). The number of nitrogens with zero attached hydrogens (tertiary/aromatic N) is 2. The van der Waals surface area contributed by atoms with Crippen molar-refractivity contribution in [2.75, 3.05) is 10.8 Å². The average molecular weight is 709 g/mol. The van der Waals surface area contributed by atoms with Crippen LogP contribution in [0.3, 0.4) is 0 Å². The molecule has 4 aromatic carbocycles. The Morgan fingerprint density at radius 3 is 1.94 bits per heavy atom. The molecule has 0 radical (unpaired) electrons. The van der Waals surface area contributed by atoms with Gasteiger partial charge in [0.2, 0.25) is 11.8 Å². The zero-order valence-electron chi connectivity index (χ0n) is 28.2. The van der Waals surface area contributed by atoms with Crippen LogP contribution in [0.25, 0.3) is 0 Å². The zero-order valence-corrected chi connectivity index (χ0v) is 30.5. The van der Waals surface area contributed by atoms with Gasteiger partial charge < -0.3 is 10.2 Å². The van der Waals surface area contributed by atoms with Gasteiger partial charge in [0, 0.05) is 34.1 Å². The molecule has 10 heteroatoms. The Kier molecular flexibility index (Phi) is 12.0. The maximum absolute atomic E-state index is 14.7. The second kappa shape index (κ2) is 15.6. The molecule has 1 N–H and O–H groups in total. The molecule has 48 heavy (non-hydrogen) atoms. The number of nitrogens with one attached hydrogen (secondary N) is 1. The molecule has 0 heterocycles. The Morgan fingerprint density at radius 1 is 0.812 bits per heavy atom. The Hall–Kier alpha value is -3.85. The number of carbonyl (C=O) groups is 2. The molecule has 0 aliphatic heterocycles. The van der Waals surface area contributed by atoms with Gasteiger partial charge in [-0.1, -0.05) is 103 Å². The lowest BCUT2D eigenvalue weighted by Crippen LogP contribution is -2.56. The van der Waals surface area contributed by atoms with Crippen molar-refractivity contribution in [1.82, 2.24) is 10.2 Å². The van der Waals surface area contributed by atoms with Crippen molar-refractivity contribution in [3.8, 4) is 0 Å². The molecule has 4 aromatic rings. The highest BCUT2D eigenvalue weighted by Gasteiger charge is 2.36. The molecule has 254 valence electrons. The summed E-state index contributed by atoms with van der Waals surface area (Å²) in [6, 6.07) is 27.0. The molecule has 1 unspecified atom stereocenters. The molecular weight excluding hydrogens is 665 g/mol. The molecule has 0 aliphatic rings. The van der Waals surface area contributed by atoms with Crippen LogP contribution in [-0.4, -0.2) is 43.3 Å². The van der Waals surface area contributed by atoms with Gasteiger partial charge >= 0.3 is 0 Å². The number of carbonyl (C=O) groups excluding carboxylic acids is 2. The molecular formula is C38H43Cl2N3O4S. The Morgan fingerprint density at radius 2 is 1.40 bits per heavy atom. The van der Waals surface area contributed by atoms with Crippen molar-refractivity contribution in [1.29, 1.82) is 0 Å². The van der Waals surface area contributed by atoms with Gasteiger partial charge in [-0.3, -0.25) is 13.9 Å². The van der Waals surface area contributed by atoms with Crippen molar-refractivity contribution in [2.24, 2.45) is 0 Å². The van der Waals surface area contributed by atoms with Crippen molar-refractivity contribution in [2.45, 2.75) is 76.9 Å². The van der Waals surface area contributed by atoms with Crippen LogP contribution in [0.4, 0.5) is 5.69 Å². The topological polar surface area (TPSA) is 86.8 Å². The minimum Gasteiger partial charge on any atom is -0.350 e. The molecule has 1 atom stereocenters. The molecule has 0 bridgehead atoms. The zero-order chi connectivity index (χ0) is 35.2. The summed E-state index contributed by atoms with van der Waals surface area (Å²) in [4.78, 5) is 30.2. The molecule has 0 fully saturated rings. The highest BCUT2D eigenvalue weighted by molar-refractivity contribution is 7.92. The predicted octanol–water partition coefficient (Wildman–Crippen LogP) is 8.18. The van der Waals surface area contributed by atoms with Crippen LogP contribution in [0, 0.1) is 6.92 Å². The number of hydrogen-bond donors (Lipinski definition) is 1. The number of hydrogen-bond acceptors (Lipinski definition) is 4. The van der Waals surface area contributed by atoms with E-state index < -0.39 is 40.0 Å². The summed E-state index contributed by atoms with van der Waals surface area (Å²) in [6.45, 7) is 10.8. The summed E-state index contributed by atoms with van der Waals surface area (Å²) < 4.78 is 29.7. The Labute approximate surface area is 294 Å². The van der Waals surface area contributed by atoms with Crippen LogP contribution in [0.1, 0.15) is 62.8 Å². The largest absolute Gasteiger partial charge is 0.350 e. The lowest BCUT2D eigenvalue weighted by Gasteiger charge is -2.35. The third-order valence-electron chi connectivity index (χ3n) is 7.90. The molecule has 0 aromatic heterocycles. The molecule has 2 amide bonds. The van der Waals surface area contributed by atoms with E-state index in [4.69, 9.17) is 23.2 Å². The molecule has 7 nitrogen and oxygen atoms in total. The number of halogens is 2. The van der Waals surface area contributed by atoms with Crippen molar-refractivity contribution in [3.05, 3.63) is 129 Å². The van der Waals surface area contributed by atoms with Crippen molar-refractivity contribution >= 4 is 50.7 Å². The average Bonchev–Trinajstić information content (AvgIpc) is 3.02. The lowest BCUT2D eigenvalue weighted by atomic mass is 10.0. The maximum Gasteiger partial charge on any atom is 0.264 e. The number of amides is 2. The van der Waals surface area contributed by atoms with Crippen LogP contribution < -0.4 is 9.62 Å². The number of aryl methyl sites for hydroxylation is 1. The minimum atomic E-state index is -4.22. The second-order valence-electron chi connectivity index (χ2n) is 13.2. The monoisotopic (exact) mass is 707 g/mol. The van der Waals surface area contributed by atoms with E-state index in [0.717, 1.165) is 21.0 Å². The van der Waals surface area contributed by atoms with E-state index in [0.29, 0.717) is 21.3 Å². The SMILES string of the molecule is Cc1ccc(S(=O)(=O)N(CC(=O)N(Cc2c(Cl)cccc2Cl)C(Cc2ccccc2)C(=O)NC(C)(C)C)c2ccc(C(C)C)cc2)cc1. The van der Waals surface area contributed by atoms with E-state index in [1.54, 1.807) is 42.5 Å². The van der Waals surface area contributed by atoms with Gasteiger partial charge in [-0.2, -0.15) is 0 Å². The number of benzene rings is 4. The summed E-state index contributed by atoms with van der Waals surface area (Å²) in [5.41, 5.74) is 2.90. The third-order valence-corrected chi connectivity index (χ3v) is 10.4. The Bertz CT molecular complexity index is 1800. The van der Waals surface area contributed by atoms with Gasteiger partial charge in [-0.25, -0.2) is 8.42 Å². The van der Waals surface area contributed by atoms with E-state index in [-0.39, 0.29) is 23.8 Å². The van der Waals surface area contributed by atoms with Crippen LogP contribution in [0.15, 0.2) is 102 Å². The van der Waals surface area contributed by atoms with E-state index >= 15 is 0 Å². The molecule has 0 aliphatic carbocycles. The van der Waals surface area contributed by atoms with Gasteiger partial charge in [0.05, 0.1) is 10.6 Å². The molecule has 0 saturated heterocycles. The first-order valence-electron chi connectivity index (χ1n) is 15.8. The second-order valence-corrected chi connectivity index (χ2v) is 15.9. The van der Waals surface area contributed by atoms with Gasteiger partial charge in [0.1, 0.15) is 12.6 Å². The van der Waals surface area contributed by atoms with Gasteiger partial charge in [-0.05, 0) is 81.1 Å². The van der Waals surface area contributed by atoms with Crippen molar-refractivity contribution < 1.29 is 18.0 Å². The van der Waals surface area contributed by atoms with Gasteiger partial charge in [0.25, 0.3) is 10.0 Å². The minimum absolute atomic E-state index is 0.0424. The molecule has 0 saturated carbocycles.